The molecule has 0 spiro atoms. The third kappa shape index (κ3) is 2.03. The SMILES string of the molecule is CCNc1nnc(-c2cccc(C)c2N)n1CC. The monoisotopic (exact) mass is 245 g/mol. The van der Waals surface area contributed by atoms with E-state index < -0.39 is 0 Å². The molecule has 2 aromatic rings. The Kier molecular flexibility index (Phi) is 3.50. The van der Waals surface area contributed by atoms with Crippen molar-refractivity contribution < 1.29 is 0 Å². The van der Waals surface area contributed by atoms with Gasteiger partial charge in [-0.25, -0.2) is 0 Å². The Morgan fingerprint density at radius 3 is 2.72 bits per heavy atom. The number of nitrogens with two attached hydrogens (primary N) is 1. The third-order valence-corrected chi connectivity index (χ3v) is 2.97. The summed E-state index contributed by atoms with van der Waals surface area (Å²) in [6.45, 7) is 7.73. The van der Waals surface area contributed by atoms with E-state index in [4.69, 9.17) is 5.73 Å². The molecule has 0 amide bonds. The Labute approximate surface area is 107 Å². The number of nitrogens with zero attached hydrogens (tertiary/aromatic N) is 3. The Morgan fingerprint density at radius 1 is 1.28 bits per heavy atom. The standard InChI is InChI=1S/C13H19N5/c1-4-15-13-17-16-12(18(13)5-2)10-8-6-7-9(3)11(10)14/h6-8H,4-5,14H2,1-3H3,(H,15,17). The summed E-state index contributed by atoms with van der Waals surface area (Å²) in [5.74, 6) is 1.60. The van der Waals surface area contributed by atoms with Gasteiger partial charge in [-0.05, 0) is 32.4 Å². The van der Waals surface area contributed by atoms with Crippen LogP contribution in [-0.4, -0.2) is 21.3 Å². The lowest BCUT2D eigenvalue weighted by atomic mass is 10.1. The minimum Gasteiger partial charge on any atom is -0.398 e. The van der Waals surface area contributed by atoms with E-state index in [1.165, 1.54) is 0 Å². The van der Waals surface area contributed by atoms with Crippen LogP contribution in [0.3, 0.4) is 0 Å². The van der Waals surface area contributed by atoms with Gasteiger partial charge in [0.05, 0.1) is 0 Å². The second kappa shape index (κ2) is 5.08. The molecule has 0 aliphatic rings. The molecule has 96 valence electrons. The lowest BCUT2D eigenvalue weighted by molar-refractivity contribution is 0.770. The average Bonchev–Trinajstić information content (AvgIpc) is 2.76. The average molecular weight is 245 g/mol. The molecule has 5 heteroatoms. The lowest BCUT2D eigenvalue weighted by Crippen LogP contribution is -2.07. The molecule has 0 bridgehead atoms. The molecule has 1 heterocycles. The predicted molar refractivity (Wildman–Crippen MR) is 74.4 cm³/mol. The summed E-state index contributed by atoms with van der Waals surface area (Å²) < 4.78 is 2.04. The van der Waals surface area contributed by atoms with Crippen LogP contribution in [0.1, 0.15) is 19.4 Å². The zero-order valence-electron chi connectivity index (χ0n) is 11.1. The van der Waals surface area contributed by atoms with E-state index in [1.54, 1.807) is 0 Å². The highest BCUT2D eigenvalue weighted by Gasteiger charge is 2.14. The van der Waals surface area contributed by atoms with Crippen LogP contribution in [0.4, 0.5) is 11.6 Å². The van der Waals surface area contributed by atoms with Gasteiger partial charge in [0.15, 0.2) is 5.82 Å². The van der Waals surface area contributed by atoms with Gasteiger partial charge in [0, 0.05) is 24.3 Å². The molecule has 2 rings (SSSR count). The summed E-state index contributed by atoms with van der Waals surface area (Å²) in [6, 6.07) is 5.97. The van der Waals surface area contributed by atoms with E-state index in [0.29, 0.717) is 0 Å². The van der Waals surface area contributed by atoms with Crippen LogP contribution in [0.15, 0.2) is 18.2 Å². The summed E-state index contributed by atoms with van der Waals surface area (Å²) in [4.78, 5) is 0. The molecular weight excluding hydrogens is 226 g/mol. The van der Waals surface area contributed by atoms with Gasteiger partial charge in [-0.15, -0.1) is 10.2 Å². The van der Waals surface area contributed by atoms with Crippen LogP contribution in [-0.2, 0) is 6.54 Å². The van der Waals surface area contributed by atoms with E-state index in [2.05, 4.69) is 22.4 Å². The van der Waals surface area contributed by atoms with Crippen molar-refractivity contribution in [3.05, 3.63) is 23.8 Å². The van der Waals surface area contributed by atoms with Crippen LogP contribution in [0.5, 0.6) is 0 Å². The molecule has 0 radical (unpaired) electrons. The van der Waals surface area contributed by atoms with Crippen molar-refractivity contribution in [2.24, 2.45) is 0 Å². The Balaban J connectivity index is 2.53. The topological polar surface area (TPSA) is 68.8 Å². The van der Waals surface area contributed by atoms with Gasteiger partial charge < -0.3 is 11.1 Å². The largest absolute Gasteiger partial charge is 0.398 e. The smallest absolute Gasteiger partial charge is 0.224 e. The highest BCUT2D eigenvalue weighted by molar-refractivity contribution is 5.74. The number of anilines is 2. The molecule has 0 saturated carbocycles. The van der Waals surface area contributed by atoms with E-state index in [9.17, 15) is 0 Å². The zero-order valence-corrected chi connectivity index (χ0v) is 11.1. The quantitative estimate of drug-likeness (QED) is 0.811. The number of hydrogen-bond acceptors (Lipinski definition) is 4. The first-order valence-electron chi connectivity index (χ1n) is 6.21. The number of rotatable bonds is 4. The Morgan fingerprint density at radius 2 is 2.06 bits per heavy atom. The minimum absolute atomic E-state index is 0.766. The lowest BCUT2D eigenvalue weighted by Gasteiger charge is -2.10. The van der Waals surface area contributed by atoms with Crippen molar-refractivity contribution in [2.75, 3.05) is 17.6 Å². The summed E-state index contributed by atoms with van der Waals surface area (Å²) in [6.07, 6.45) is 0. The first kappa shape index (κ1) is 12.4. The molecule has 5 nitrogen and oxygen atoms in total. The first-order chi connectivity index (χ1) is 8.69. The second-order valence-electron chi connectivity index (χ2n) is 4.16. The number of aromatic nitrogens is 3. The number of aryl methyl sites for hydroxylation is 1. The molecule has 0 saturated heterocycles. The van der Waals surface area contributed by atoms with Crippen LogP contribution < -0.4 is 11.1 Å². The van der Waals surface area contributed by atoms with Crippen molar-refractivity contribution in [3.8, 4) is 11.4 Å². The molecule has 1 aromatic heterocycles. The number of hydrogen-bond donors (Lipinski definition) is 2. The molecule has 0 unspecified atom stereocenters. The summed E-state index contributed by atoms with van der Waals surface area (Å²) in [7, 11) is 0. The van der Waals surface area contributed by atoms with Gasteiger partial charge in [0.25, 0.3) is 0 Å². The van der Waals surface area contributed by atoms with E-state index in [-0.39, 0.29) is 0 Å². The molecule has 0 fully saturated rings. The van der Waals surface area contributed by atoms with Crippen molar-refractivity contribution >= 4 is 11.6 Å². The zero-order chi connectivity index (χ0) is 13.1. The molecule has 0 aliphatic carbocycles. The third-order valence-electron chi connectivity index (χ3n) is 2.97. The molecular formula is C13H19N5. The van der Waals surface area contributed by atoms with E-state index in [0.717, 1.165) is 41.7 Å². The van der Waals surface area contributed by atoms with Gasteiger partial charge in [0.2, 0.25) is 5.95 Å². The summed E-state index contributed by atoms with van der Waals surface area (Å²) in [5.41, 5.74) is 8.88. The van der Waals surface area contributed by atoms with Gasteiger partial charge in [0.1, 0.15) is 0 Å². The Hall–Kier alpha value is -2.04. The number of nitrogen functional groups attached to an aromatic ring is 1. The highest BCUT2D eigenvalue weighted by Crippen LogP contribution is 2.28. The van der Waals surface area contributed by atoms with Crippen molar-refractivity contribution in [1.29, 1.82) is 0 Å². The van der Waals surface area contributed by atoms with Crippen LogP contribution in [0.25, 0.3) is 11.4 Å². The summed E-state index contributed by atoms with van der Waals surface area (Å²) >= 11 is 0. The highest BCUT2D eigenvalue weighted by atomic mass is 15.3. The predicted octanol–water partition coefficient (Wildman–Crippen LogP) is 2.29. The normalized spacial score (nSPS) is 10.6. The van der Waals surface area contributed by atoms with Gasteiger partial charge in [-0.1, -0.05) is 12.1 Å². The fourth-order valence-corrected chi connectivity index (χ4v) is 1.97. The van der Waals surface area contributed by atoms with Gasteiger partial charge in [-0.2, -0.15) is 0 Å². The number of benzene rings is 1. The van der Waals surface area contributed by atoms with Crippen LogP contribution in [0.2, 0.25) is 0 Å². The fraction of sp³-hybridized carbons (Fsp3) is 0.385. The van der Waals surface area contributed by atoms with Crippen LogP contribution in [0, 0.1) is 6.92 Å². The van der Waals surface area contributed by atoms with Gasteiger partial charge >= 0.3 is 0 Å². The maximum absolute atomic E-state index is 6.12. The minimum atomic E-state index is 0.766. The Bertz CT molecular complexity index is 544. The van der Waals surface area contributed by atoms with Crippen LogP contribution >= 0.6 is 0 Å². The molecule has 3 N–H and O–H groups in total. The summed E-state index contributed by atoms with van der Waals surface area (Å²) in [5, 5.41) is 11.6. The van der Waals surface area contributed by atoms with Crippen molar-refractivity contribution in [2.45, 2.75) is 27.3 Å². The molecule has 0 aliphatic heterocycles. The molecule has 0 atom stereocenters. The van der Waals surface area contributed by atoms with Gasteiger partial charge in [-0.3, -0.25) is 4.57 Å². The fourth-order valence-electron chi connectivity index (χ4n) is 1.97. The van der Waals surface area contributed by atoms with Crippen molar-refractivity contribution in [3.63, 3.8) is 0 Å². The maximum atomic E-state index is 6.12. The first-order valence-corrected chi connectivity index (χ1v) is 6.21. The maximum Gasteiger partial charge on any atom is 0.224 e. The van der Waals surface area contributed by atoms with E-state index in [1.807, 2.05) is 36.6 Å². The van der Waals surface area contributed by atoms with E-state index >= 15 is 0 Å². The number of nitrogens with one attached hydrogen (secondary N) is 1. The van der Waals surface area contributed by atoms with Crippen molar-refractivity contribution in [1.82, 2.24) is 14.8 Å². The molecule has 1 aromatic carbocycles. The number of para-hydroxylation sites is 1. The second-order valence-corrected chi connectivity index (χ2v) is 4.16. The molecule has 18 heavy (non-hydrogen) atoms.